The van der Waals surface area contributed by atoms with Crippen LogP contribution in [0.15, 0.2) is 18.2 Å². The summed E-state index contributed by atoms with van der Waals surface area (Å²) < 4.78 is 24.6. The van der Waals surface area contributed by atoms with Crippen molar-refractivity contribution in [3.63, 3.8) is 0 Å². The molecule has 0 aliphatic heterocycles. The Labute approximate surface area is 72.2 Å². The fraction of sp³-hybridized carbons (Fsp3) is 0.400. The topological polar surface area (TPSA) is 0 Å². The number of hydrogen-bond acceptors (Lipinski definition) is 0. The minimum absolute atomic E-state index is 0.338. The second-order valence-corrected chi connectivity index (χ2v) is 2.16. The Morgan fingerprint density at radius 3 is 2.25 bits per heavy atom. The average molecular weight is 172 g/mol. The summed E-state index contributed by atoms with van der Waals surface area (Å²) in [5.74, 6) is -0.338. The molecular weight excluding hydrogens is 158 g/mol. The highest BCUT2D eigenvalue weighted by atomic mass is 19.1. The third-order valence-electron chi connectivity index (χ3n) is 1.52. The first kappa shape index (κ1) is 11.1. The predicted molar refractivity (Wildman–Crippen MR) is 47.3 cm³/mol. The van der Waals surface area contributed by atoms with Gasteiger partial charge in [-0.3, -0.25) is 0 Å². The van der Waals surface area contributed by atoms with Crippen molar-refractivity contribution in [2.24, 2.45) is 0 Å². The van der Waals surface area contributed by atoms with Crippen LogP contribution in [0.4, 0.5) is 8.78 Å². The maximum Gasteiger partial charge on any atom is 0.126 e. The quantitative estimate of drug-likeness (QED) is 0.606. The lowest BCUT2D eigenvalue weighted by atomic mass is 10.1. The molecule has 0 aliphatic carbocycles. The first-order chi connectivity index (χ1) is 5.75. The molecule has 0 bridgehead atoms. The minimum atomic E-state index is -0.594. The summed E-state index contributed by atoms with van der Waals surface area (Å²) in [5, 5.41) is 0. The first-order valence-corrected chi connectivity index (χ1v) is 4.05. The van der Waals surface area contributed by atoms with Gasteiger partial charge in [0.25, 0.3) is 0 Å². The fourth-order valence-electron chi connectivity index (χ4n) is 0.797. The standard InChI is InChI=1S/C8H8F2.C2H6/c1-6-7(5-9)3-2-4-8(6)10;1-2/h2-4H,5H2,1H3;1-2H3. The summed E-state index contributed by atoms with van der Waals surface area (Å²) >= 11 is 0. The van der Waals surface area contributed by atoms with Crippen LogP contribution in [0.1, 0.15) is 25.0 Å². The van der Waals surface area contributed by atoms with Crippen LogP contribution in [0.25, 0.3) is 0 Å². The van der Waals surface area contributed by atoms with Gasteiger partial charge in [0, 0.05) is 0 Å². The molecule has 1 aromatic carbocycles. The van der Waals surface area contributed by atoms with Crippen molar-refractivity contribution in [3.8, 4) is 0 Å². The van der Waals surface area contributed by atoms with Crippen LogP contribution in [0.3, 0.4) is 0 Å². The van der Waals surface area contributed by atoms with Crippen LogP contribution in [0.2, 0.25) is 0 Å². The van der Waals surface area contributed by atoms with Crippen molar-refractivity contribution in [2.45, 2.75) is 27.4 Å². The van der Waals surface area contributed by atoms with Gasteiger partial charge in [0.2, 0.25) is 0 Å². The number of halogens is 2. The Kier molecular flexibility index (Phi) is 5.26. The van der Waals surface area contributed by atoms with Crippen molar-refractivity contribution in [1.82, 2.24) is 0 Å². The van der Waals surface area contributed by atoms with Crippen molar-refractivity contribution in [3.05, 3.63) is 35.1 Å². The molecule has 0 atom stereocenters. The normalized spacial score (nSPS) is 8.75. The molecule has 0 amide bonds. The number of benzene rings is 1. The van der Waals surface area contributed by atoms with Gasteiger partial charge in [0.05, 0.1) is 0 Å². The maximum absolute atomic E-state index is 12.6. The fourth-order valence-corrected chi connectivity index (χ4v) is 0.797. The molecule has 68 valence electrons. The van der Waals surface area contributed by atoms with E-state index in [0.717, 1.165) is 0 Å². The Morgan fingerprint density at radius 2 is 1.83 bits per heavy atom. The lowest BCUT2D eigenvalue weighted by Crippen LogP contribution is -1.88. The van der Waals surface area contributed by atoms with Crippen LogP contribution in [-0.2, 0) is 6.67 Å². The molecule has 0 heterocycles. The highest BCUT2D eigenvalue weighted by Crippen LogP contribution is 2.12. The van der Waals surface area contributed by atoms with E-state index in [-0.39, 0.29) is 5.82 Å². The van der Waals surface area contributed by atoms with Crippen LogP contribution in [0, 0.1) is 12.7 Å². The highest BCUT2D eigenvalue weighted by molar-refractivity contribution is 5.26. The summed E-state index contributed by atoms with van der Waals surface area (Å²) in [4.78, 5) is 0. The molecule has 0 nitrogen and oxygen atoms in total. The smallest absolute Gasteiger partial charge is 0.126 e. The van der Waals surface area contributed by atoms with E-state index in [1.165, 1.54) is 12.1 Å². The maximum atomic E-state index is 12.6. The van der Waals surface area contributed by atoms with Gasteiger partial charge in [0.15, 0.2) is 0 Å². The zero-order chi connectivity index (χ0) is 9.56. The first-order valence-electron chi connectivity index (χ1n) is 4.05. The van der Waals surface area contributed by atoms with E-state index < -0.39 is 6.67 Å². The molecule has 12 heavy (non-hydrogen) atoms. The molecule has 0 unspecified atom stereocenters. The Morgan fingerprint density at radius 1 is 1.25 bits per heavy atom. The zero-order valence-corrected chi connectivity index (χ0v) is 7.70. The monoisotopic (exact) mass is 172 g/mol. The minimum Gasteiger partial charge on any atom is -0.246 e. The Hall–Kier alpha value is -0.920. The molecule has 0 saturated heterocycles. The zero-order valence-electron chi connectivity index (χ0n) is 7.70. The molecule has 0 aromatic heterocycles. The molecular formula is C10H14F2. The van der Waals surface area contributed by atoms with Gasteiger partial charge < -0.3 is 0 Å². The molecule has 1 aromatic rings. The van der Waals surface area contributed by atoms with Gasteiger partial charge in [-0.25, -0.2) is 8.78 Å². The second kappa shape index (κ2) is 5.70. The van der Waals surface area contributed by atoms with Crippen molar-refractivity contribution in [2.75, 3.05) is 0 Å². The van der Waals surface area contributed by atoms with E-state index in [9.17, 15) is 8.78 Å². The SMILES string of the molecule is CC.Cc1c(F)cccc1CF. The predicted octanol–water partition coefficient (Wildman–Crippen LogP) is 3.63. The van der Waals surface area contributed by atoms with Gasteiger partial charge in [-0.1, -0.05) is 26.0 Å². The van der Waals surface area contributed by atoms with E-state index in [1.54, 1.807) is 13.0 Å². The molecule has 0 N–H and O–H groups in total. The highest BCUT2D eigenvalue weighted by Gasteiger charge is 2.00. The third-order valence-corrected chi connectivity index (χ3v) is 1.52. The van der Waals surface area contributed by atoms with Gasteiger partial charge >= 0.3 is 0 Å². The Balaban J connectivity index is 0.000000561. The molecule has 0 saturated carbocycles. The molecule has 0 radical (unpaired) electrons. The average Bonchev–Trinajstić information content (AvgIpc) is 2.13. The Bertz CT molecular complexity index is 231. The second-order valence-electron chi connectivity index (χ2n) is 2.16. The largest absolute Gasteiger partial charge is 0.246 e. The number of alkyl halides is 1. The lowest BCUT2D eigenvalue weighted by Gasteiger charge is -1.99. The van der Waals surface area contributed by atoms with Crippen LogP contribution in [0.5, 0.6) is 0 Å². The number of hydrogen-bond donors (Lipinski definition) is 0. The number of rotatable bonds is 1. The van der Waals surface area contributed by atoms with Gasteiger partial charge in [-0.05, 0) is 24.1 Å². The van der Waals surface area contributed by atoms with E-state index >= 15 is 0 Å². The van der Waals surface area contributed by atoms with Crippen molar-refractivity contribution < 1.29 is 8.78 Å². The molecule has 2 heteroatoms. The van der Waals surface area contributed by atoms with Gasteiger partial charge in [-0.15, -0.1) is 0 Å². The summed E-state index contributed by atoms with van der Waals surface area (Å²) in [6, 6.07) is 4.42. The van der Waals surface area contributed by atoms with E-state index in [0.29, 0.717) is 11.1 Å². The van der Waals surface area contributed by atoms with Crippen molar-refractivity contribution in [1.29, 1.82) is 0 Å². The van der Waals surface area contributed by atoms with Crippen LogP contribution < -0.4 is 0 Å². The third kappa shape index (κ3) is 2.61. The lowest BCUT2D eigenvalue weighted by molar-refractivity contribution is 0.479. The molecule has 0 fully saturated rings. The van der Waals surface area contributed by atoms with Crippen molar-refractivity contribution >= 4 is 0 Å². The van der Waals surface area contributed by atoms with E-state index in [4.69, 9.17) is 0 Å². The summed E-state index contributed by atoms with van der Waals surface area (Å²) in [6.45, 7) is 4.98. The van der Waals surface area contributed by atoms with Gasteiger partial charge in [-0.2, -0.15) is 0 Å². The van der Waals surface area contributed by atoms with Gasteiger partial charge in [0.1, 0.15) is 12.5 Å². The summed E-state index contributed by atoms with van der Waals surface area (Å²) in [6.07, 6.45) is 0. The molecule has 0 spiro atoms. The summed E-state index contributed by atoms with van der Waals surface area (Å²) in [7, 11) is 0. The van der Waals surface area contributed by atoms with Crippen LogP contribution in [-0.4, -0.2) is 0 Å². The summed E-state index contributed by atoms with van der Waals surface area (Å²) in [5.41, 5.74) is 0.838. The molecule has 0 aliphatic rings. The van der Waals surface area contributed by atoms with E-state index in [2.05, 4.69) is 0 Å². The van der Waals surface area contributed by atoms with E-state index in [1.807, 2.05) is 13.8 Å². The van der Waals surface area contributed by atoms with Crippen LogP contribution >= 0.6 is 0 Å². The molecule has 1 rings (SSSR count).